The van der Waals surface area contributed by atoms with Gasteiger partial charge in [-0.05, 0) is 42.3 Å². The van der Waals surface area contributed by atoms with Crippen LogP contribution in [-0.2, 0) is 13.0 Å². The summed E-state index contributed by atoms with van der Waals surface area (Å²) >= 11 is 7.21. The molecule has 0 bridgehead atoms. The normalized spacial score (nSPS) is 11.3. The van der Waals surface area contributed by atoms with Gasteiger partial charge in [0, 0.05) is 22.5 Å². The minimum Gasteiger partial charge on any atom is -0.323 e. The number of para-hydroxylation sites is 1. The van der Waals surface area contributed by atoms with Crippen molar-refractivity contribution < 1.29 is 4.79 Å². The Kier molecular flexibility index (Phi) is 5.88. The second-order valence-electron chi connectivity index (χ2n) is 7.39. The molecule has 0 spiro atoms. The average molecular weight is 459 g/mol. The number of benzene rings is 3. The average Bonchev–Trinajstić information content (AvgIpc) is 3.15. The van der Waals surface area contributed by atoms with Crippen molar-refractivity contribution >= 4 is 51.2 Å². The molecule has 0 N–H and O–H groups in total. The first-order valence-corrected chi connectivity index (χ1v) is 11.6. The smallest absolute Gasteiger partial charge is 0.211 e. The molecule has 5 aromatic rings. The summed E-state index contributed by atoms with van der Waals surface area (Å²) in [5.41, 5.74) is 4.54. The largest absolute Gasteiger partial charge is 0.323 e. The predicted molar refractivity (Wildman–Crippen MR) is 129 cm³/mol. The molecule has 158 valence electrons. The van der Waals surface area contributed by atoms with Gasteiger partial charge in [-0.25, -0.2) is 4.98 Å². The number of ketones is 1. The molecule has 0 atom stereocenters. The minimum atomic E-state index is -0.0000139. The van der Waals surface area contributed by atoms with Crippen molar-refractivity contribution in [3.63, 3.8) is 0 Å². The monoisotopic (exact) mass is 458 g/mol. The zero-order valence-corrected chi connectivity index (χ0v) is 18.7. The van der Waals surface area contributed by atoms with Gasteiger partial charge in [0.1, 0.15) is 5.52 Å². The predicted octanol–water partition coefficient (Wildman–Crippen LogP) is 5.85. The highest BCUT2D eigenvalue weighted by Crippen LogP contribution is 2.27. The number of aryl methyl sites for hydroxylation is 2. The lowest BCUT2D eigenvalue weighted by molar-refractivity contribution is 0.102. The van der Waals surface area contributed by atoms with Crippen molar-refractivity contribution in [1.82, 2.24) is 19.7 Å². The Balaban J connectivity index is 1.43. The molecule has 0 radical (unpaired) electrons. The molecule has 32 heavy (non-hydrogen) atoms. The van der Waals surface area contributed by atoms with Gasteiger partial charge in [0.2, 0.25) is 5.16 Å². The quantitative estimate of drug-likeness (QED) is 0.226. The number of rotatable bonds is 7. The van der Waals surface area contributed by atoms with Crippen molar-refractivity contribution in [3.8, 4) is 0 Å². The third-order valence-electron chi connectivity index (χ3n) is 5.32. The first-order valence-electron chi connectivity index (χ1n) is 10.3. The van der Waals surface area contributed by atoms with E-state index in [9.17, 15) is 4.79 Å². The Morgan fingerprint density at radius 2 is 1.66 bits per heavy atom. The summed E-state index contributed by atoms with van der Waals surface area (Å²) in [5.74, 6) is 0.235. The van der Waals surface area contributed by atoms with Crippen LogP contribution in [-0.4, -0.2) is 31.3 Å². The molecule has 5 rings (SSSR count). The van der Waals surface area contributed by atoms with Crippen molar-refractivity contribution in [2.45, 2.75) is 18.1 Å². The topological polar surface area (TPSA) is 60.7 Å². The summed E-state index contributed by atoms with van der Waals surface area (Å²) in [6.45, 7) is 0.778. The molecule has 0 aliphatic rings. The van der Waals surface area contributed by atoms with Crippen LogP contribution in [0.5, 0.6) is 0 Å². The first-order chi connectivity index (χ1) is 15.7. The minimum absolute atomic E-state index is 0.0000139. The molecular weight excluding hydrogens is 440 g/mol. The number of halogens is 1. The zero-order chi connectivity index (χ0) is 21.9. The van der Waals surface area contributed by atoms with Gasteiger partial charge in [0.15, 0.2) is 11.4 Å². The Bertz CT molecular complexity index is 1400. The van der Waals surface area contributed by atoms with Crippen molar-refractivity contribution in [2.24, 2.45) is 0 Å². The van der Waals surface area contributed by atoms with Crippen molar-refractivity contribution in [3.05, 3.63) is 95.0 Å². The van der Waals surface area contributed by atoms with Crippen LogP contribution in [0.1, 0.15) is 15.9 Å². The van der Waals surface area contributed by atoms with E-state index in [1.165, 1.54) is 17.3 Å². The van der Waals surface area contributed by atoms with E-state index in [-0.39, 0.29) is 11.5 Å². The van der Waals surface area contributed by atoms with Gasteiger partial charge in [-0.15, -0.1) is 10.2 Å². The van der Waals surface area contributed by atoms with Gasteiger partial charge in [0.05, 0.1) is 11.3 Å². The number of hydrogen-bond donors (Lipinski definition) is 0. The van der Waals surface area contributed by atoms with Crippen LogP contribution in [0.15, 0.2) is 84.0 Å². The summed E-state index contributed by atoms with van der Waals surface area (Å²) in [5, 5.41) is 10.9. The maximum absolute atomic E-state index is 12.5. The fourth-order valence-electron chi connectivity index (χ4n) is 3.71. The fourth-order valence-corrected chi connectivity index (χ4v) is 4.51. The maximum Gasteiger partial charge on any atom is 0.211 e. The Labute approximate surface area is 194 Å². The molecule has 2 aromatic heterocycles. The van der Waals surface area contributed by atoms with Crippen molar-refractivity contribution in [2.75, 3.05) is 5.75 Å². The van der Waals surface area contributed by atoms with Crippen LogP contribution in [0.3, 0.4) is 0 Å². The molecule has 0 aliphatic heterocycles. The van der Waals surface area contributed by atoms with Gasteiger partial charge >= 0.3 is 0 Å². The summed E-state index contributed by atoms with van der Waals surface area (Å²) < 4.78 is 2.19. The van der Waals surface area contributed by atoms with E-state index in [0.717, 1.165) is 35.0 Å². The van der Waals surface area contributed by atoms with E-state index in [1.54, 1.807) is 24.3 Å². The molecule has 0 amide bonds. The van der Waals surface area contributed by atoms with Gasteiger partial charge < -0.3 is 4.57 Å². The number of Topliss-reactive ketones (excluding diaryl/α,β-unsaturated/α-hetero) is 1. The second kappa shape index (κ2) is 9.10. The van der Waals surface area contributed by atoms with E-state index in [2.05, 4.69) is 45.1 Å². The lowest BCUT2D eigenvalue weighted by atomic mass is 10.1. The van der Waals surface area contributed by atoms with Gasteiger partial charge in [-0.2, -0.15) is 0 Å². The highest BCUT2D eigenvalue weighted by Gasteiger charge is 2.16. The summed E-state index contributed by atoms with van der Waals surface area (Å²) in [6.07, 6.45) is 0.885. The molecule has 0 unspecified atom stereocenters. The number of fused-ring (bicyclic) bond motifs is 3. The number of thioether (sulfide) groups is 1. The molecule has 3 aromatic carbocycles. The van der Waals surface area contributed by atoms with Crippen LogP contribution in [0.4, 0.5) is 0 Å². The van der Waals surface area contributed by atoms with Crippen LogP contribution < -0.4 is 0 Å². The lowest BCUT2D eigenvalue weighted by Crippen LogP contribution is -2.05. The molecule has 0 saturated heterocycles. The van der Waals surface area contributed by atoms with E-state index in [1.807, 2.05) is 24.3 Å². The Morgan fingerprint density at radius 3 is 2.47 bits per heavy atom. The highest BCUT2D eigenvalue weighted by atomic mass is 35.5. The fraction of sp³-hybridized carbons (Fsp3) is 0.120. The standard InChI is InChI=1S/C25H19ClN4OS/c26-19-12-10-18(11-13-19)22(31)16-32-25-27-24-23(28-29-25)20-8-4-5-9-21(20)30(24)15-14-17-6-2-1-3-7-17/h1-13H,14-16H2. The molecule has 0 fully saturated rings. The van der Waals surface area contributed by atoms with E-state index in [4.69, 9.17) is 16.6 Å². The van der Waals surface area contributed by atoms with Gasteiger partial charge in [-0.1, -0.05) is 71.9 Å². The number of nitrogens with zero attached hydrogens (tertiary/aromatic N) is 4. The molecule has 2 heterocycles. The SMILES string of the molecule is O=C(CSc1nnc2c3ccccc3n(CCc3ccccc3)c2n1)c1ccc(Cl)cc1. The first kappa shape index (κ1) is 20.7. The third-order valence-corrected chi connectivity index (χ3v) is 6.41. The maximum atomic E-state index is 12.5. The summed E-state index contributed by atoms with van der Waals surface area (Å²) in [7, 11) is 0. The van der Waals surface area contributed by atoms with Crippen LogP contribution in [0.2, 0.25) is 5.02 Å². The van der Waals surface area contributed by atoms with Crippen LogP contribution >= 0.6 is 23.4 Å². The summed E-state index contributed by atoms with van der Waals surface area (Å²) in [4.78, 5) is 17.3. The highest BCUT2D eigenvalue weighted by molar-refractivity contribution is 7.99. The van der Waals surface area contributed by atoms with E-state index >= 15 is 0 Å². The number of hydrogen-bond acceptors (Lipinski definition) is 5. The van der Waals surface area contributed by atoms with Crippen LogP contribution in [0, 0.1) is 0 Å². The van der Waals surface area contributed by atoms with Gasteiger partial charge in [0.25, 0.3) is 0 Å². The lowest BCUT2D eigenvalue weighted by Gasteiger charge is -2.07. The molecule has 7 heteroatoms. The third kappa shape index (κ3) is 4.24. The molecule has 5 nitrogen and oxygen atoms in total. The molecular formula is C25H19ClN4OS. The Morgan fingerprint density at radius 1 is 0.906 bits per heavy atom. The van der Waals surface area contributed by atoms with Gasteiger partial charge in [-0.3, -0.25) is 4.79 Å². The zero-order valence-electron chi connectivity index (χ0n) is 17.1. The molecule has 0 aliphatic carbocycles. The Hall–Kier alpha value is -3.22. The summed E-state index contributed by atoms with van der Waals surface area (Å²) in [6, 6.07) is 25.4. The van der Waals surface area contributed by atoms with Crippen molar-refractivity contribution in [1.29, 1.82) is 0 Å². The number of aromatic nitrogens is 4. The van der Waals surface area contributed by atoms with E-state index < -0.39 is 0 Å². The second-order valence-corrected chi connectivity index (χ2v) is 8.77. The number of carbonyl (C=O) groups is 1. The van der Waals surface area contributed by atoms with E-state index in [0.29, 0.717) is 15.7 Å². The van der Waals surface area contributed by atoms with Crippen LogP contribution in [0.25, 0.3) is 22.1 Å². The molecule has 0 saturated carbocycles. The number of carbonyl (C=O) groups excluding carboxylic acids is 1.